The first-order valence-corrected chi connectivity index (χ1v) is 4.78. The van der Waals surface area contributed by atoms with Crippen molar-refractivity contribution >= 4 is 12.2 Å². The molecule has 0 rings (SSSR count). The maximum atomic E-state index is 11.3. The fourth-order valence-corrected chi connectivity index (χ4v) is 0.884. The molecular formula is C9H17NO4. The normalized spacial score (nSPS) is 9.36. The van der Waals surface area contributed by atoms with Crippen molar-refractivity contribution in [1.82, 2.24) is 4.90 Å². The SMILES string of the molecule is CCCN(C(=O)OCC)C(=O)OCC. The molecule has 0 fully saturated rings. The molecule has 0 bridgehead atoms. The monoisotopic (exact) mass is 203 g/mol. The van der Waals surface area contributed by atoms with Crippen molar-refractivity contribution in [2.24, 2.45) is 0 Å². The molecule has 0 aliphatic rings. The highest BCUT2D eigenvalue weighted by Gasteiger charge is 2.22. The van der Waals surface area contributed by atoms with Gasteiger partial charge in [-0.05, 0) is 20.3 Å². The minimum absolute atomic E-state index is 0.248. The molecule has 5 nitrogen and oxygen atoms in total. The van der Waals surface area contributed by atoms with Gasteiger partial charge in [0.05, 0.1) is 13.2 Å². The molecule has 0 aliphatic heterocycles. The van der Waals surface area contributed by atoms with Gasteiger partial charge in [-0.2, -0.15) is 0 Å². The van der Waals surface area contributed by atoms with Gasteiger partial charge in [0, 0.05) is 6.54 Å². The van der Waals surface area contributed by atoms with Crippen LogP contribution in [0.1, 0.15) is 27.2 Å². The van der Waals surface area contributed by atoms with Crippen LogP contribution >= 0.6 is 0 Å². The molecule has 0 heterocycles. The number of hydrogen-bond donors (Lipinski definition) is 0. The van der Waals surface area contributed by atoms with Crippen molar-refractivity contribution < 1.29 is 19.1 Å². The number of imide groups is 1. The summed E-state index contributed by atoms with van der Waals surface area (Å²) >= 11 is 0. The van der Waals surface area contributed by atoms with Crippen LogP contribution in [0.15, 0.2) is 0 Å². The Labute approximate surface area is 84.0 Å². The fourth-order valence-electron chi connectivity index (χ4n) is 0.884. The Kier molecular flexibility index (Phi) is 6.53. The van der Waals surface area contributed by atoms with Gasteiger partial charge in [-0.3, -0.25) is 0 Å². The molecule has 0 aromatic heterocycles. The predicted octanol–water partition coefficient (Wildman–Crippen LogP) is 2.01. The van der Waals surface area contributed by atoms with E-state index in [9.17, 15) is 9.59 Å². The van der Waals surface area contributed by atoms with Crippen molar-refractivity contribution in [3.05, 3.63) is 0 Å². The lowest BCUT2D eigenvalue weighted by molar-refractivity contribution is 0.0814. The van der Waals surface area contributed by atoms with E-state index in [-0.39, 0.29) is 13.2 Å². The van der Waals surface area contributed by atoms with Gasteiger partial charge in [0.1, 0.15) is 0 Å². The van der Waals surface area contributed by atoms with E-state index in [2.05, 4.69) is 0 Å². The molecule has 0 saturated carbocycles. The largest absolute Gasteiger partial charge is 0.449 e. The van der Waals surface area contributed by atoms with Gasteiger partial charge < -0.3 is 9.47 Å². The number of ether oxygens (including phenoxy) is 2. The van der Waals surface area contributed by atoms with Crippen LogP contribution in [-0.4, -0.2) is 36.8 Å². The molecule has 14 heavy (non-hydrogen) atoms. The number of carbonyl (C=O) groups excluding carboxylic acids is 2. The van der Waals surface area contributed by atoms with E-state index in [0.717, 1.165) is 4.90 Å². The Bertz CT molecular complexity index is 175. The smallest absolute Gasteiger partial charge is 0.419 e. The molecular weight excluding hydrogens is 186 g/mol. The third-order valence-corrected chi connectivity index (χ3v) is 1.42. The number of hydrogen-bond acceptors (Lipinski definition) is 4. The summed E-state index contributed by atoms with van der Waals surface area (Å²) in [7, 11) is 0. The Hall–Kier alpha value is -1.26. The van der Waals surface area contributed by atoms with Gasteiger partial charge in [-0.1, -0.05) is 6.92 Å². The van der Waals surface area contributed by atoms with E-state index in [4.69, 9.17) is 9.47 Å². The maximum Gasteiger partial charge on any atom is 0.419 e. The van der Waals surface area contributed by atoms with Crippen LogP contribution in [0.2, 0.25) is 0 Å². The Morgan fingerprint density at radius 3 is 1.71 bits per heavy atom. The Morgan fingerprint density at radius 2 is 1.43 bits per heavy atom. The third kappa shape index (κ3) is 4.11. The van der Waals surface area contributed by atoms with Crippen molar-refractivity contribution in [3.63, 3.8) is 0 Å². The first-order chi connectivity index (χ1) is 6.67. The van der Waals surface area contributed by atoms with E-state index in [1.807, 2.05) is 6.92 Å². The topological polar surface area (TPSA) is 55.8 Å². The molecule has 0 aromatic carbocycles. The summed E-state index contributed by atoms with van der Waals surface area (Å²) in [5.74, 6) is 0. The van der Waals surface area contributed by atoms with Gasteiger partial charge in [-0.15, -0.1) is 0 Å². The summed E-state index contributed by atoms with van der Waals surface area (Å²) in [6, 6.07) is 0. The first-order valence-electron chi connectivity index (χ1n) is 4.78. The summed E-state index contributed by atoms with van der Waals surface area (Å²) < 4.78 is 9.42. The lowest BCUT2D eigenvalue weighted by Gasteiger charge is -2.18. The third-order valence-electron chi connectivity index (χ3n) is 1.42. The van der Waals surface area contributed by atoms with E-state index >= 15 is 0 Å². The summed E-state index contributed by atoms with van der Waals surface area (Å²) in [5, 5.41) is 0. The number of nitrogens with zero attached hydrogens (tertiary/aromatic N) is 1. The minimum Gasteiger partial charge on any atom is -0.449 e. The van der Waals surface area contributed by atoms with E-state index in [1.165, 1.54) is 0 Å². The second-order valence-corrected chi connectivity index (χ2v) is 2.55. The zero-order valence-corrected chi connectivity index (χ0v) is 8.91. The van der Waals surface area contributed by atoms with Crippen LogP contribution in [0.3, 0.4) is 0 Å². The van der Waals surface area contributed by atoms with Crippen molar-refractivity contribution in [1.29, 1.82) is 0 Å². The molecule has 82 valence electrons. The average molecular weight is 203 g/mol. The van der Waals surface area contributed by atoms with Gasteiger partial charge in [0.15, 0.2) is 0 Å². The highest BCUT2D eigenvalue weighted by molar-refractivity contribution is 5.87. The summed E-state index contributed by atoms with van der Waals surface area (Å²) in [6.07, 6.45) is -0.613. The highest BCUT2D eigenvalue weighted by atomic mass is 16.6. The van der Waals surface area contributed by atoms with Crippen molar-refractivity contribution in [3.8, 4) is 0 Å². The highest BCUT2D eigenvalue weighted by Crippen LogP contribution is 2.00. The Morgan fingerprint density at radius 1 is 1.00 bits per heavy atom. The molecule has 0 spiro atoms. The lowest BCUT2D eigenvalue weighted by atomic mass is 10.4. The van der Waals surface area contributed by atoms with Crippen LogP contribution in [0.4, 0.5) is 9.59 Å². The second kappa shape index (κ2) is 7.17. The minimum atomic E-state index is -0.646. The first kappa shape index (κ1) is 12.7. The van der Waals surface area contributed by atoms with Crippen LogP contribution in [0.5, 0.6) is 0 Å². The molecule has 0 unspecified atom stereocenters. The van der Waals surface area contributed by atoms with E-state index in [1.54, 1.807) is 13.8 Å². The van der Waals surface area contributed by atoms with E-state index < -0.39 is 12.2 Å². The number of rotatable bonds is 4. The van der Waals surface area contributed by atoms with Crippen molar-refractivity contribution in [2.45, 2.75) is 27.2 Å². The van der Waals surface area contributed by atoms with Gasteiger partial charge in [0.2, 0.25) is 0 Å². The zero-order valence-electron chi connectivity index (χ0n) is 8.91. The number of carbonyl (C=O) groups is 2. The predicted molar refractivity (Wildman–Crippen MR) is 51.0 cm³/mol. The molecule has 0 saturated heterocycles. The molecule has 0 radical (unpaired) electrons. The molecule has 5 heteroatoms. The fraction of sp³-hybridized carbons (Fsp3) is 0.778. The summed E-state index contributed by atoms with van der Waals surface area (Å²) in [4.78, 5) is 23.5. The Balaban J connectivity index is 4.25. The van der Waals surface area contributed by atoms with Crippen LogP contribution in [0.25, 0.3) is 0 Å². The zero-order chi connectivity index (χ0) is 11.0. The molecule has 0 aromatic rings. The van der Waals surface area contributed by atoms with E-state index in [0.29, 0.717) is 13.0 Å². The average Bonchev–Trinajstić information content (AvgIpc) is 2.14. The van der Waals surface area contributed by atoms with Crippen LogP contribution in [0, 0.1) is 0 Å². The summed E-state index contributed by atoms with van der Waals surface area (Å²) in [6.45, 7) is 6.06. The molecule has 0 N–H and O–H groups in total. The van der Waals surface area contributed by atoms with Crippen molar-refractivity contribution in [2.75, 3.05) is 19.8 Å². The summed E-state index contributed by atoms with van der Waals surface area (Å²) in [5.41, 5.74) is 0. The molecule has 0 atom stereocenters. The maximum absolute atomic E-state index is 11.3. The standard InChI is InChI=1S/C9H17NO4/c1-4-7-10(8(11)13-5-2)9(12)14-6-3/h4-7H2,1-3H3. The van der Waals surface area contributed by atoms with Gasteiger partial charge >= 0.3 is 12.2 Å². The van der Waals surface area contributed by atoms with Crippen LogP contribution in [-0.2, 0) is 9.47 Å². The second-order valence-electron chi connectivity index (χ2n) is 2.55. The quantitative estimate of drug-likeness (QED) is 0.701. The number of amides is 2. The lowest BCUT2D eigenvalue weighted by Crippen LogP contribution is -2.38. The molecule has 0 aliphatic carbocycles. The van der Waals surface area contributed by atoms with Crippen LogP contribution < -0.4 is 0 Å². The van der Waals surface area contributed by atoms with Gasteiger partial charge in [-0.25, -0.2) is 14.5 Å². The molecule has 2 amide bonds. The van der Waals surface area contributed by atoms with Gasteiger partial charge in [0.25, 0.3) is 0 Å².